The maximum absolute atomic E-state index is 13.6. The van der Waals surface area contributed by atoms with Crippen molar-refractivity contribution in [3.05, 3.63) is 18.6 Å². The first-order valence-corrected chi connectivity index (χ1v) is 12.7. The molecule has 3 fully saturated rings. The molecule has 0 aromatic carbocycles. The number of aromatic amines is 1. The van der Waals surface area contributed by atoms with Gasteiger partial charge in [0.1, 0.15) is 17.8 Å². The van der Waals surface area contributed by atoms with Crippen molar-refractivity contribution in [2.24, 2.45) is 5.92 Å². The van der Waals surface area contributed by atoms with Gasteiger partial charge in [-0.3, -0.25) is 4.79 Å². The third kappa shape index (κ3) is 3.75. The van der Waals surface area contributed by atoms with Gasteiger partial charge in [-0.1, -0.05) is 0 Å². The summed E-state index contributed by atoms with van der Waals surface area (Å²) in [4.78, 5) is 27.7. The Morgan fingerprint density at radius 1 is 1.28 bits per heavy atom. The number of likely N-dealkylation sites (tertiary alicyclic amines) is 1. The largest absolute Gasteiger partial charge is 0.353 e. The molecular weight excluding hydrogens is 430 g/mol. The van der Waals surface area contributed by atoms with Crippen molar-refractivity contribution >= 4 is 33.0 Å². The number of nitrogens with zero attached hydrogens (tertiary/aromatic N) is 6. The van der Waals surface area contributed by atoms with Gasteiger partial charge in [0.05, 0.1) is 10.9 Å². The standard InChI is InChI=1S/C21H31N7O3S/c1-16(29)26-9-3-4-17(13-26)12-25(2)32(30,31)28-11-10-27(14-21(28)6-7-21)20-18-5-8-22-19(18)23-15-24-20/h5,8,15,17H,3-4,6-7,9-14H2,1-2H3,(H,22,23,24). The second-order valence-corrected chi connectivity index (χ2v) is 11.4. The predicted molar refractivity (Wildman–Crippen MR) is 121 cm³/mol. The van der Waals surface area contributed by atoms with Gasteiger partial charge >= 0.3 is 0 Å². The minimum atomic E-state index is -3.58. The van der Waals surface area contributed by atoms with E-state index in [9.17, 15) is 13.2 Å². The molecule has 1 aliphatic carbocycles. The van der Waals surface area contributed by atoms with Gasteiger partial charge < -0.3 is 14.8 Å². The number of anilines is 1. The molecule has 2 aromatic rings. The zero-order valence-electron chi connectivity index (χ0n) is 18.7. The first-order chi connectivity index (χ1) is 15.3. The summed E-state index contributed by atoms with van der Waals surface area (Å²) in [7, 11) is -1.91. The number of nitrogens with one attached hydrogen (secondary N) is 1. The van der Waals surface area contributed by atoms with Crippen LogP contribution in [-0.2, 0) is 15.0 Å². The molecule has 0 bridgehead atoms. The van der Waals surface area contributed by atoms with Crippen LogP contribution < -0.4 is 4.90 Å². The van der Waals surface area contributed by atoms with E-state index in [1.54, 1.807) is 24.6 Å². The van der Waals surface area contributed by atoms with E-state index >= 15 is 0 Å². The highest BCUT2D eigenvalue weighted by Gasteiger charge is 2.56. The lowest BCUT2D eigenvalue weighted by Crippen LogP contribution is -2.60. The smallest absolute Gasteiger partial charge is 0.282 e. The highest BCUT2D eigenvalue weighted by molar-refractivity contribution is 7.86. The van der Waals surface area contributed by atoms with Gasteiger partial charge in [-0.05, 0) is 37.7 Å². The number of aromatic nitrogens is 3. The average Bonchev–Trinajstić information content (AvgIpc) is 3.34. The normalized spacial score (nSPS) is 23.9. The summed E-state index contributed by atoms with van der Waals surface area (Å²) in [5, 5.41) is 0.962. The molecule has 3 aliphatic rings. The number of rotatable bonds is 5. The van der Waals surface area contributed by atoms with Crippen LogP contribution in [0, 0.1) is 5.92 Å². The molecule has 1 atom stereocenters. The van der Waals surface area contributed by atoms with Crippen LogP contribution in [0.15, 0.2) is 18.6 Å². The van der Waals surface area contributed by atoms with Crippen LogP contribution in [0.5, 0.6) is 0 Å². The Hall–Kier alpha value is -2.24. The van der Waals surface area contributed by atoms with Crippen LogP contribution in [0.2, 0.25) is 0 Å². The lowest BCUT2D eigenvalue weighted by atomic mass is 9.98. The van der Waals surface area contributed by atoms with Crippen molar-refractivity contribution in [3.8, 4) is 0 Å². The summed E-state index contributed by atoms with van der Waals surface area (Å²) >= 11 is 0. The highest BCUT2D eigenvalue weighted by Crippen LogP contribution is 2.47. The van der Waals surface area contributed by atoms with E-state index < -0.39 is 10.2 Å². The topological polar surface area (TPSA) is 106 Å². The fourth-order valence-corrected chi connectivity index (χ4v) is 7.07. The Bertz CT molecular complexity index is 1110. The summed E-state index contributed by atoms with van der Waals surface area (Å²) in [6.45, 7) is 5.09. The molecule has 2 aromatic heterocycles. The third-order valence-electron chi connectivity index (χ3n) is 7.20. The Morgan fingerprint density at radius 3 is 2.84 bits per heavy atom. The lowest BCUT2D eigenvalue weighted by molar-refractivity contribution is -0.130. The first kappa shape index (κ1) is 21.6. The van der Waals surface area contributed by atoms with E-state index in [1.807, 2.05) is 17.2 Å². The molecule has 2 saturated heterocycles. The van der Waals surface area contributed by atoms with Crippen LogP contribution in [0.1, 0.15) is 32.6 Å². The van der Waals surface area contributed by atoms with Crippen LogP contribution in [0.3, 0.4) is 0 Å². The Labute approximate surface area is 188 Å². The highest BCUT2D eigenvalue weighted by atomic mass is 32.2. The van der Waals surface area contributed by atoms with Gasteiger partial charge in [0.2, 0.25) is 5.91 Å². The number of hydrogen-bond acceptors (Lipinski definition) is 6. The lowest BCUT2D eigenvalue weighted by Gasteiger charge is -2.43. The molecule has 174 valence electrons. The van der Waals surface area contributed by atoms with Crippen molar-refractivity contribution < 1.29 is 13.2 Å². The zero-order chi connectivity index (χ0) is 22.5. The second kappa shape index (κ2) is 7.96. The van der Waals surface area contributed by atoms with E-state index in [-0.39, 0.29) is 17.4 Å². The first-order valence-electron chi connectivity index (χ1n) is 11.3. The number of fused-ring (bicyclic) bond motifs is 1. The Morgan fingerprint density at radius 2 is 2.09 bits per heavy atom. The fraction of sp³-hybridized carbons (Fsp3) is 0.667. The molecule has 0 radical (unpaired) electrons. The maximum Gasteiger partial charge on any atom is 0.282 e. The molecule has 1 amide bonds. The number of H-pyrrole nitrogens is 1. The van der Waals surface area contributed by atoms with Crippen molar-refractivity contribution in [1.82, 2.24) is 28.5 Å². The van der Waals surface area contributed by atoms with Gasteiger partial charge in [-0.2, -0.15) is 17.0 Å². The van der Waals surface area contributed by atoms with Gasteiger partial charge in [0.25, 0.3) is 10.2 Å². The average molecular weight is 462 g/mol. The summed E-state index contributed by atoms with van der Waals surface area (Å²) in [5.74, 6) is 1.10. The van der Waals surface area contributed by atoms with Crippen molar-refractivity contribution in [3.63, 3.8) is 0 Å². The zero-order valence-corrected chi connectivity index (χ0v) is 19.5. The second-order valence-electron chi connectivity index (χ2n) is 9.42. The monoisotopic (exact) mass is 461 g/mol. The van der Waals surface area contributed by atoms with Crippen LogP contribution in [0.25, 0.3) is 11.0 Å². The van der Waals surface area contributed by atoms with E-state index in [2.05, 4.69) is 19.9 Å². The Balaban J connectivity index is 1.30. The number of piperidine rings is 1. The van der Waals surface area contributed by atoms with Crippen molar-refractivity contribution in [2.45, 2.75) is 38.1 Å². The molecule has 11 heteroatoms. The molecule has 32 heavy (non-hydrogen) atoms. The molecule has 4 heterocycles. The van der Waals surface area contributed by atoms with Crippen LogP contribution in [-0.4, -0.2) is 94.6 Å². The molecule has 1 spiro atoms. The molecule has 2 aliphatic heterocycles. The number of amides is 1. The molecule has 1 saturated carbocycles. The van der Waals surface area contributed by atoms with Crippen LogP contribution >= 0.6 is 0 Å². The van der Waals surface area contributed by atoms with E-state index in [0.717, 1.165) is 49.1 Å². The van der Waals surface area contributed by atoms with E-state index in [0.29, 0.717) is 32.7 Å². The van der Waals surface area contributed by atoms with Gasteiger partial charge in [0.15, 0.2) is 0 Å². The maximum atomic E-state index is 13.6. The molecular formula is C21H31N7O3S. The number of piperazine rings is 1. The minimum Gasteiger partial charge on any atom is -0.353 e. The molecule has 1 unspecified atom stereocenters. The number of carbonyl (C=O) groups excluding carboxylic acids is 1. The van der Waals surface area contributed by atoms with Crippen molar-refractivity contribution in [2.75, 3.05) is 51.2 Å². The van der Waals surface area contributed by atoms with Crippen LogP contribution in [0.4, 0.5) is 5.82 Å². The molecule has 5 rings (SSSR count). The van der Waals surface area contributed by atoms with Gasteiger partial charge in [0, 0.05) is 59.4 Å². The minimum absolute atomic E-state index is 0.0644. The Kier molecular flexibility index (Phi) is 5.37. The van der Waals surface area contributed by atoms with E-state index in [1.165, 1.54) is 4.31 Å². The van der Waals surface area contributed by atoms with Gasteiger partial charge in [-0.25, -0.2) is 9.97 Å². The summed E-state index contributed by atoms with van der Waals surface area (Å²) in [6.07, 6.45) is 7.00. The van der Waals surface area contributed by atoms with Gasteiger partial charge in [-0.15, -0.1) is 0 Å². The SMILES string of the molecule is CC(=O)N1CCCC(CN(C)S(=O)(=O)N2CCN(c3ncnc4[nH]ccc34)CC23CC3)C1. The summed E-state index contributed by atoms with van der Waals surface area (Å²) < 4.78 is 30.4. The van der Waals surface area contributed by atoms with E-state index in [4.69, 9.17) is 0 Å². The summed E-state index contributed by atoms with van der Waals surface area (Å²) in [6, 6.07) is 1.97. The predicted octanol–water partition coefficient (Wildman–Crippen LogP) is 1.05. The quantitative estimate of drug-likeness (QED) is 0.714. The molecule has 10 nitrogen and oxygen atoms in total. The third-order valence-corrected chi connectivity index (χ3v) is 9.26. The molecule has 1 N–H and O–H groups in total. The number of hydrogen-bond donors (Lipinski definition) is 1. The van der Waals surface area contributed by atoms with Crippen molar-refractivity contribution in [1.29, 1.82) is 0 Å². The number of carbonyl (C=O) groups is 1. The fourth-order valence-electron chi connectivity index (χ4n) is 5.29. The summed E-state index contributed by atoms with van der Waals surface area (Å²) in [5.41, 5.74) is 0.429.